The Kier molecular flexibility index (Phi) is 2.01. The number of nitrogens with zero attached hydrogens (tertiary/aromatic N) is 2. The second kappa shape index (κ2) is 3.52. The third kappa shape index (κ3) is 1.50. The van der Waals surface area contributed by atoms with Crippen LogP contribution in [-0.4, -0.2) is 21.0 Å². The van der Waals surface area contributed by atoms with Crippen LogP contribution >= 0.6 is 0 Å². The fraction of sp³-hybridized carbons (Fsp3) is 0. The molecule has 0 unspecified atom stereocenters. The van der Waals surface area contributed by atoms with E-state index in [1.54, 1.807) is 12.3 Å². The lowest BCUT2D eigenvalue weighted by Gasteiger charge is -2.03. The highest BCUT2D eigenvalue weighted by Crippen LogP contribution is 2.22. The first-order valence-electron chi connectivity index (χ1n) is 5.13. The zero-order valence-electron chi connectivity index (χ0n) is 8.79. The van der Waals surface area contributed by atoms with Crippen molar-refractivity contribution in [2.75, 3.05) is 0 Å². The van der Waals surface area contributed by atoms with Crippen molar-refractivity contribution in [1.29, 1.82) is 0 Å². The average Bonchev–Trinajstić information content (AvgIpc) is 2.38. The maximum atomic E-state index is 10.9. The Morgan fingerprint density at radius 1 is 1.12 bits per heavy atom. The van der Waals surface area contributed by atoms with Crippen LogP contribution in [0.3, 0.4) is 0 Å². The number of pyridine rings is 2. The fourth-order valence-electron chi connectivity index (χ4n) is 1.86. The third-order valence-electron chi connectivity index (χ3n) is 2.66. The molecule has 1 aromatic carbocycles. The van der Waals surface area contributed by atoms with Gasteiger partial charge in [-0.05, 0) is 24.3 Å². The van der Waals surface area contributed by atoms with E-state index < -0.39 is 5.97 Å². The van der Waals surface area contributed by atoms with Gasteiger partial charge in [-0.3, -0.25) is 4.98 Å². The predicted octanol–water partition coefficient (Wildman–Crippen LogP) is 2.48. The maximum absolute atomic E-state index is 10.9. The van der Waals surface area contributed by atoms with Crippen molar-refractivity contribution in [2.45, 2.75) is 0 Å². The van der Waals surface area contributed by atoms with Gasteiger partial charge in [0.1, 0.15) is 5.69 Å². The molecule has 2 heterocycles. The fourth-order valence-corrected chi connectivity index (χ4v) is 1.86. The van der Waals surface area contributed by atoms with Gasteiger partial charge < -0.3 is 5.11 Å². The van der Waals surface area contributed by atoms with Crippen LogP contribution in [0.4, 0.5) is 0 Å². The summed E-state index contributed by atoms with van der Waals surface area (Å²) in [5.74, 6) is -1.02. The van der Waals surface area contributed by atoms with Crippen LogP contribution in [0, 0.1) is 0 Å². The molecular weight excluding hydrogens is 216 g/mol. The van der Waals surface area contributed by atoms with Crippen LogP contribution in [0.15, 0.2) is 42.6 Å². The molecule has 4 nitrogen and oxygen atoms in total. The zero-order valence-corrected chi connectivity index (χ0v) is 8.79. The van der Waals surface area contributed by atoms with Gasteiger partial charge in [-0.15, -0.1) is 0 Å². The van der Waals surface area contributed by atoms with Gasteiger partial charge >= 0.3 is 5.97 Å². The molecule has 0 aliphatic carbocycles. The van der Waals surface area contributed by atoms with Crippen molar-refractivity contribution in [3.8, 4) is 0 Å². The summed E-state index contributed by atoms with van der Waals surface area (Å²) in [6.07, 6.45) is 1.70. The largest absolute Gasteiger partial charge is 0.477 e. The first-order valence-corrected chi connectivity index (χ1v) is 5.13. The lowest BCUT2D eigenvalue weighted by molar-refractivity contribution is 0.0691. The quantitative estimate of drug-likeness (QED) is 0.645. The summed E-state index contributed by atoms with van der Waals surface area (Å²) < 4.78 is 0. The number of hydrogen-bond acceptors (Lipinski definition) is 3. The molecule has 0 bridgehead atoms. The van der Waals surface area contributed by atoms with Gasteiger partial charge in [0.05, 0.1) is 11.0 Å². The second-order valence-electron chi connectivity index (χ2n) is 3.71. The Morgan fingerprint density at radius 2 is 1.94 bits per heavy atom. The van der Waals surface area contributed by atoms with Gasteiger partial charge in [0.25, 0.3) is 0 Å². The first-order chi connectivity index (χ1) is 8.25. The molecule has 0 spiro atoms. The van der Waals surface area contributed by atoms with E-state index in [0.29, 0.717) is 5.52 Å². The minimum absolute atomic E-state index is 0.0499. The molecule has 0 saturated carbocycles. The van der Waals surface area contributed by atoms with Crippen LogP contribution in [0.5, 0.6) is 0 Å². The Bertz CT molecular complexity index is 738. The van der Waals surface area contributed by atoms with Gasteiger partial charge in [0.15, 0.2) is 0 Å². The third-order valence-corrected chi connectivity index (χ3v) is 2.66. The van der Waals surface area contributed by atoms with Crippen molar-refractivity contribution in [3.05, 3.63) is 48.3 Å². The van der Waals surface area contributed by atoms with Gasteiger partial charge in [0, 0.05) is 17.0 Å². The van der Waals surface area contributed by atoms with Gasteiger partial charge in [-0.2, -0.15) is 0 Å². The Morgan fingerprint density at radius 3 is 2.76 bits per heavy atom. The van der Waals surface area contributed by atoms with Crippen molar-refractivity contribution in [1.82, 2.24) is 9.97 Å². The average molecular weight is 224 g/mol. The normalized spacial score (nSPS) is 10.8. The number of hydrogen-bond donors (Lipinski definition) is 1. The van der Waals surface area contributed by atoms with Crippen molar-refractivity contribution < 1.29 is 9.90 Å². The Labute approximate surface area is 96.6 Å². The molecule has 17 heavy (non-hydrogen) atoms. The summed E-state index contributed by atoms with van der Waals surface area (Å²) in [4.78, 5) is 19.3. The van der Waals surface area contributed by atoms with Crippen molar-refractivity contribution >= 4 is 27.8 Å². The van der Waals surface area contributed by atoms with Crippen molar-refractivity contribution in [3.63, 3.8) is 0 Å². The van der Waals surface area contributed by atoms with E-state index in [9.17, 15) is 4.79 Å². The number of aromatic carboxylic acids is 1. The van der Waals surface area contributed by atoms with E-state index in [1.165, 1.54) is 6.07 Å². The summed E-state index contributed by atoms with van der Waals surface area (Å²) >= 11 is 0. The number of fused-ring (bicyclic) bond motifs is 3. The van der Waals surface area contributed by atoms with E-state index in [0.717, 1.165) is 16.3 Å². The SMILES string of the molecule is O=C(O)c1ccc2ccc3ncccc3c2n1. The smallest absolute Gasteiger partial charge is 0.354 e. The van der Waals surface area contributed by atoms with E-state index in [2.05, 4.69) is 9.97 Å². The number of carboxylic acid groups (broad SMARTS) is 1. The number of carboxylic acids is 1. The summed E-state index contributed by atoms with van der Waals surface area (Å²) in [5, 5.41) is 10.7. The first kappa shape index (κ1) is 9.72. The minimum Gasteiger partial charge on any atom is -0.477 e. The molecule has 0 aliphatic rings. The summed E-state index contributed by atoms with van der Waals surface area (Å²) in [6.45, 7) is 0. The number of carbonyl (C=O) groups is 1. The van der Waals surface area contributed by atoms with E-state index in [4.69, 9.17) is 5.11 Å². The zero-order chi connectivity index (χ0) is 11.8. The number of aromatic nitrogens is 2. The molecule has 4 heteroatoms. The standard InChI is InChI=1S/C13H8N2O2/c16-13(17)11-6-4-8-3-5-10-9(12(8)15-11)2-1-7-14-10/h1-7H,(H,16,17). The number of rotatable bonds is 1. The van der Waals surface area contributed by atoms with Crippen LogP contribution in [0.2, 0.25) is 0 Å². The number of benzene rings is 1. The van der Waals surface area contributed by atoms with Crippen LogP contribution in [0.1, 0.15) is 10.5 Å². The molecule has 0 atom stereocenters. The highest BCUT2D eigenvalue weighted by molar-refractivity contribution is 6.04. The van der Waals surface area contributed by atoms with Crippen molar-refractivity contribution in [2.24, 2.45) is 0 Å². The highest BCUT2D eigenvalue weighted by atomic mass is 16.4. The molecule has 0 aliphatic heterocycles. The van der Waals surface area contributed by atoms with Gasteiger partial charge in [-0.25, -0.2) is 9.78 Å². The molecule has 2 aromatic heterocycles. The lowest BCUT2D eigenvalue weighted by atomic mass is 10.1. The Hall–Kier alpha value is -2.49. The van der Waals surface area contributed by atoms with Crippen LogP contribution < -0.4 is 0 Å². The summed E-state index contributed by atoms with van der Waals surface area (Å²) in [5.41, 5.74) is 1.54. The van der Waals surface area contributed by atoms with E-state index >= 15 is 0 Å². The molecule has 82 valence electrons. The lowest BCUT2D eigenvalue weighted by Crippen LogP contribution is -1.99. The second-order valence-corrected chi connectivity index (χ2v) is 3.71. The van der Waals surface area contributed by atoms with Crippen LogP contribution in [0.25, 0.3) is 21.8 Å². The molecule has 0 fully saturated rings. The molecular formula is C13H8N2O2. The molecule has 0 saturated heterocycles. The predicted molar refractivity (Wildman–Crippen MR) is 64.0 cm³/mol. The Balaban J connectivity index is 2.46. The van der Waals surface area contributed by atoms with Crippen LogP contribution in [-0.2, 0) is 0 Å². The molecule has 3 aromatic rings. The minimum atomic E-state index is -1.02. The molecule has 0 amide bonds. The monoisotopic (exact) mass is 224 g/mol. The maximum Gasteiger partial charge on any atom is 0.354 e. The molecule has 0 radical (unpaired) electrons. The molecule has 3 rings (SSSR count). The van der Waals surface area contributed by atoms with E-state index in [-0.39, 0.29) is 5.69 Å². The molecule has 1 N–H and O–H groups in total. The topological polar surface area (TPSA) is 63.1 Å². The van der Waals surface area contributed by atoms with Gasteiger partial charge in [-0.1, -0.05) is 12.1 Å². The summed E-state index contributed by atoms with van der Waals surface area (Å²) in [6, 6.07) is 10.8. The van der Waals surface area contributed by atoms with Gasteiger partial charge in [0.2, 0.25) is 0 Å². The summed E-state index contributed by atoms with van der Waals surface area (Å²) in [7, 11) is 0. The highest BCUT2D eigenvalue weighted by Gasteiger charge is 2.07. The van der Waals surface area contributed by atoms with E-state index in [1.807, 2.05) is 24.3 Å².